The van der Waals surface area contributed by atoms with E-state index in [2.05, 4.69) is 15.6 Å². The Kier molecular flexibility index (Phi) is 6.08. The monoisotopic (exact) mass is 412 g/mol. The molecule has 0 saturated heterocycles. The van der Waals surface area contributed by atoms with Crippen LogP contribution in [0.1, 0.15) is 11.9 Å². The van der Waals surface area contributed by atoms with Crippen molar-refractivity contribution < 1.29 is 14.5 Å². The number of hydrogen-bond donors (Lipinski definition) is 2. The Morgan fingerprint density at radius 2 is 1.97 bits per heavy atom. The van der Waals surface area contributed by atoms with Crippen molar-refractivity contribution in [2.75, 3.05) is 17.7 Å². The molecule has 150 valence electrons. The van der Waals surface area contributed by atoms with Gasteiger partial charge in [-0.1, -0.05) is 12.1 Å². The number of nitrogens with zero attached hydrogens (tertiary/aromatic N) is 2. The minimum absolute atomic E-state index is 0.130. The minimum Gasteiger partial charge on any atom is -0.495 e. The SMILES string of the molecule is COc1ccc([N+](=O)[O-])cc1NC(=O)[C@H](C)Nc1ccc(-c2csc(C)n2)cc1. The number of non-ortho nitro benzene ring substituents is 1. The van der Waals surface area contributed by atoms with Crippen LogP contribution < -0.4 is 15.4 Å². The molecule has 3 rings (SSSR count). The molecule has 3 aromatic rings. The maximum Gasteiger partial charge on any atom is 0.271 e. The van der Waals surface area contributed by atoms with E-state index in [4.69, 9.17) is 4.74 Å². The number of carbonyl (C=O) groups excluding carboxylic acids is 1. The molecule has 1 heterocycles. The van der Waals surface area contributed by atoms with Crippen molar-refractivity contribution in [2.45, 2.75) is 19.9 Å². The predicted octanol–water partition coefficient (Wildman–Crippen LogP) is 4.47. The van der Waals surface area contributed by atoms with Crippen LogP contribution in [0.5, 0.6) is 5.75 Å². The van der Waals surface area contributed by atoms with Gasteiger partial charge < -0.3 is 15.4 Å². The van der Waals surface area contributed by atoms with Gasteiger partial charge in [0, 0.05) is 28.8 Å². The van der Waals surface area contributed by atoms with Crippen LogP contribution in [0.4, 0.5) is 17.1 Å². The molecule has 29 heavy (non-hydrogen) atoms. The van der Waals surface area contributed by atoms with Crippen molar-refractivity contribution in [1.82, 2.24) is 4.98 Å². The Morgan fingerprint density at radius 1 is 1.24 bits per heavy atom. The predicted molar refractivity (Wildman–Crippen MR) is 114 cm³/mol. The number of thiazole rings is 1. The van der Waals surface area contributed by atoms with Gasteiger partial charge in [0.2, 0.25) is 5.91 Å². The fraction of sp³-hybridized carbons (Fsp3) is 0.200. The quantitative estimate of drug-likeness (QED) is 0.438. The van der Waals surface area contributed by atoms with E-state index in [-0.39, 0.29) is 17.3 Å². The summed E-state index contributed by atoms with van der Waals surface area (Å²) in [6, 6.07) is 11.1. The van der Waals surface area contributed by atoms with E-state index in [1.54, 1.807) is 18.3 Å². The molecular weight excluding hydrogens is 392 g/mol. The summed E-state index contributed by atoms with van der Waals surface area (Å²) in [5, 5.41) is 19.8. The number of carbonyl (C=O) groups is 1. The number of ether oxygens (including phenoxy) is 1. The van der Waals surface area contributed by atoms with Gasteiger partial charge in [-0.25, -0.2) is 4.98 Å². The largest absolute Gasteiger partial charge is 0.495 e. The van der Waals surface area contributed by atoms with Crippen LogP contribution in [-0.4, -0.2) is 29.0 Å². The second kappa shape index (κ2) is 8.70. The Labute approximate surface area is 171 Å². The fourth-order valence-corrected chi connectivity index (χ4v) is 3.32. The molecule has 2 aromatic carbocycles. The smallest absolute Gasteiger partial charge is 0.271 e. The van der Waals surface area contributed by atoms with Crippen LogP contribution in [0.25, 0.3) is 11.3 Å². The molecular formula is C20H20N4O4S. The van der Waals surface area contributed by atoms with E-state index < -0.39 is 11.0 Å². The number of methoxy groups -OCH3 is 1. The summed E-state index contributed by atoms with van der Waals surface area (Å²) in [7, 11) is 1.43. The van der Waals surface area contributed by atoms with Crippen LogP contribution in [-0.2, 0) is 4.79 Å². The summed E-state index contributed by atoms with van der Waals surface area (Å²) in [5.74, 6) is 0.00191. The molecule has 0 aliphatic heterocycles. The molecule has 1 amide bonds. The number of nitro benzene ring substituents is 1. The number of amides is 1. The zero-order valence-corrected chi connectivity index (χ0v) is 16.9. The van der Waals surface area contributed by atoms with Crippen LogP contribution in [0.15, 0.2) is 47.8 Å². The van der Waals surface area contributed by atoms with Crippen molar-refractivity contribution in [3.63, 3.8) is 0 Å². The van der Waals surface area contributed by atoms with Gasteiger partial charge in [-0.2, -0.15) is 0 Å². The molecule has 0 aliphatic rings. The molecule has 9 heteroatoms. The highest BCUT2D eigenvalue weighted by Gasteiger charge is 2.18. The number of rotatable bonds is 7. The average Bonchev–Trinajstić information content (AvgIpc) is 3.14. The number of nitrogens with one attached hydrogen (secondary N) is 2. The highest BCUT2D eigenvalue weighted by atomic mass is 32.1. The van der Waals surface area contributed by atoms with Gasteiger partial charge in [0.25, 0.3) is 5.69 Å². The lowest BCUT2D eigenvalue weighted by atomic mass is 10.1. The molecule has 1 atom stereocenters. The summed E-state index contributed by atoms with van der Waals surface area (Å²) in [6.07, 6.45) is 0. The second-order valence-corrected chi connectivity index (χ2v) is 7.39. The molecule has 0 unspecified atom stereocenters. The Morgan fingerprint density at radius 3 is 2.55 bits per heavy atom. The highest BCUT2D eigenvalue weighted by Crippen LogP contribution is 2.29. The highest BCUT2D eigenvalue weighted by molar-refractivity contribution is 7.09. The maximum atomic E-state index is 12.5. The summed E-state index contributed by atoms with van der Waals surface area (Å²) in [5.41, 5.74) is 2.81. The molecule has 8 nitrogen and oxygen atoms in total. The van der Waals surface area contributed by atoms with Gasteiger partial charge in [0.15, 0.2) is 0 Å². The molecule has 0 fully saturated rings. The summed E-state index contributed by atoms with van der Waals surface area (Å²) >= 11 is 1.59. The lowest BCUT2D eigenvalue weighted by molar-refractivity contribution is -0.384. The first-order chi connectivity index (χ1) is 13.9. The zero-order valence-electron chi connectivity index (χ0n) is 16.1. The standard InChI is InChI=1S/C20H20N4O4S/c1-12(20(25)23-17-10-16(24(26)27)8-9-19(17)28-3)21-15-6-4-14(5-7-15)18-11-29-13(2)22-18/h4-12,21H,1-3H3,(H,23,25)/t12-/m0/s1. The average molecular weight is 412 g/mol. The van der Waals surface area contributed by atoms with Gasteiger partial charge >= 0.3 is 0 Å². The topological polar surface area (TPSA) is 106 Å². The Balaban J connectivity index is 1.68. The van der Waals surface area contributed by atoms with Gasteiger partial charge in [-0.05, 0) is 32.0 Å². The third kappa shape index (κ3) is 4.88. The van der Waals surface area contributed by atoms with Crippen molar-refractivity contribution >= 4 is 34.3 Å². The van der Waals surface area contributed by atoms with Gasteiger partial charge in [0.1, 0.15) is 11.8 Å². The number of anilines is 2. The molecule has 0 radical (unpaired) electrons. The number of benzene rings is 2. The lowest BCUT2D eigenvalue weighted by Gasteiger charge is -2.16. The molecule has 2 N–H and O–H groups in total. The van der Waals surface area contributed by atoms with E-state index >= 15 is 0 Å². The van der Waals surface area contributed by atoms with Gasteiger partial charge in [-0.15, -0.1) is 11.3 Å². The van der Waals surface area contributed by atoms with Crippen LogP contribution >= 0.6 is 11.3 Å². The summed E-state index contributed by atoms with van der Waals surface area (Å²) in [6.45, 7) is 3.66. The third-order valence-corrected chi connectivity index (χ3v) is 5.00. The van der Waals surface area contributed by atoms with Crippen molar-refractivity contribution in [2.24, 2.45) is 0 Å². The van der Waals surface area contributed by atoms with E-state index in [9.17, 15) is 14.9 Å². The maximum absolute atomic E-state index is 12.5. The van der Waals surface area contributed by atoms with Crippen LogP contribution in [0.2, 0.25) is 0 Å². The summed E-state index contributed by atoms with van der Waals surface area (Å²) < 4.78 is 5.17. The van der Waals surface area contributed by atoms with Crippen molar-refractivity contribution in [3.8, 4) is 17.0 Å². The third-order valence-electron chi connectivity index (χ3n) is 4.23. The second-order valence-electron chi connectivity index (χ2n) is 6.33. The number of hydrogen-bond acceptors (Lipinski definition) is 7. The van der Waals surface area contributed by atoms with Crippen LogP contribution in [0.3, 0.4) is 0 Å². The van der Waals surface area contributed by atoms with Crippen molar-refractivity contribution in [3.05, 3.63) is 63.0 Å². The van der Waals surface area contributed by atoms with E-state index in [0.29, 0.717) is 5.75 Å². The first-order valence-electron chi connectivity index (χ1n) is 8.80. The first kappa shape index (κ1) is 20.3. The number of aromatic nitrogens is 1. The first-order valence-corrected chi connectivity index (χ1v) is 9.67. The summed E-state index contributed by atoms with van der Waals surface area (Å²) in [4.78, 5) is 27.5. The zero-order chi connectivity index (χ0) is 21.0. The fourth-order valence-electron chi connectivity index (χ4n) is 2.70. The van der Waals surface area contributed by atoms with Gasteiger partial charge in [-0.3, -0.25) is 14.9 Å². The molecule has 0 saturated carbocycles. The molecule has 0 bridgehead atoms. The molecule has 0 spiro atoms. The molecule has 1 aromatic heterocycles. The van der Waals surface area contributed by atoms with E-state index in [1.807, 2.05) is 36.6 Å². The lowest BCUT2D eigenvalue weighted by Crippen LogP contribution is -2.32. The number of aryl methyl sites for hydroxylation is 1. The van der Waals surface area contributed by atoms with E-state index in [0.717, 1.165) is 22.0 Å². The Hall–Kier alpha value is -3.46. The Bertz CT molecular complexity index is 1030. The van der Waals surface area contributed by atoms with Crippen molar-refractivity contribution in [1.29, 1.82) is 0 Å². The van der Waals surface area contributed by atoms with Crippen LogP contribution in [0, 0.1) is 17.0 Å². The number of nitro groups is 1. The normalized spacial score (nSPS) is 11.6. The van der Waals surface area contributed by atoms with Gasteiger partial charge in [0.05, 0.1) is 28.4 Å². The minimum atomic E-state index is -0.577. The van der Waals surface area contributed by atoms with E-state index in [1.165, 1.54) is 25.3 Å². The molecule has 0 aliphatic carbocycles.